The third kappa shape index (κ3) is 5.80. The van der Waals surface area contributed by atoms with Gasteiger partial charge in [-0.1, -0.05) is 44.2 Å². The lowest BCUT2D eigenvalue weighted by atomic mass is 9.86. The zero-order chi connectivity index (χ0) is 17.6. The summed E-state index contributed by atoms with van der Waals surface area (Å²) in [7, 11) is 0. The number of urea groups is 1. The van der Waals surface area contributed by atoms with Crippen LogP contribution in [0.25, 0.3) is 0 Å². The van der Waals surface area contributed by atoms with Crippen LogP contribution in [0.5, 0.6) is 0 Å². The van der Waals surface area contributed by atoms with Crippen molar-refractivity contribution in [3.63, 3.8) is 0 Å². The van der Waals surface area contributed by atoms with Gasteiger partial charge in [-0.15, -0.1) is 0 Å². The van der Waals surface area contributed by atoms with Crippen LogP contribution in [0, 0.1) is 5.41 Å². The SMILES string of the molecule is C[C@@H](O)C[C@@H]1COCCN1C(=O)NCC(C)(C)Cc1ccccc1. The quantitative estimate of drug-likeness (QED) is 0.840. The number of amides is 2. The summed E-state index contributed by atoms with van der Waals surface area (Å²) in [5.41, 5.74) is 1.25. The lowest BCUT2D eigenvalue weighted by Gasteiger charge is -2.37. The van der Waals surface area contributed by atoms with Gasteiger partial charge in [0.05, 0.1) is 25.4 Å². The van der Waals surface area contributed by atoms with Crippen molar-refractivity contribution in [3.8, 4) is 0 Å². The van der Waals surface area contributed by atoms with Gasteiger partial charge in [-0.05, 0) is 30.7 Å². The Morgan fingerprint density at radius 2 is 2.12 bits per heavy atom. The van der Waals surface area contributed by atoms with Gasteiger partial charge < -0.3 is 20.1 Å². The number of nitrogens with one attached hydrogen (secondary N) is 1. The predicted molar refractivity (Wildman–Crippen MR) is 94.9 cm³/mol. The molecule has 0 aliphatic carbocycles. The molecule has 24 heavy (non-hydrogen) atoms. The lowest BCUT2D eigenvalue weighted by molar-refractivity contribution is -0.00468. The van der Waals surface area contributed by atoms with E-state index in [0.29, 0.717) is 32.7 Å². The van der Waals surface area contributed by atoms with E-state index in [1.54, 1.807) is 11.8 Å². The fourth-order valence-electron chi connectivity index (χ4n) is 3.14. The Balaban J connectivity index is 1.88. The molecule has 2 N–H and O–H groups in total. The van der Waals surface area contributed by atoms with E-state index in [2.05, 4.69) is 31.3 Å². The second-order valence-corrected chi connectivity index (χ2v) is 7.49. The van der Waals surface area contributed by atoms with Gasteiger partial charge in [0.15, 0.2) is 0 Å². The van der Waals surface area contributed by atoms with Gasteiger partial charge in [-0.3, -0.25) is 0 Å². The first kappa shape index (κ1) is 18.7. The highest BCUT2D eigenvalue weighted by molar-refractivity contribution is 5.74. The highest BCUT2D eigenvalue weighted by Gasteiger charge is 2.29. The second-order valence-electron chi connectivity index (χ2n) is 7.49. The molecule has 1 heterocycles. The maximum absolute atomic E-state index is 12.6. The van der Waals surface area contributed by atoms with Crippen LogP contribution in [0.4, 0.5) is 4.79 Å². The van der Waals surface area contributed by atoms with Crippen LogP contribution in [-0.2, 0) is 11.2 Å². The maximum atomic E-state index is 12.6. The topological polar surface area (TPSA) is 61.8 Å². The Hall–Kier alpha value is -1.59. The number of rotatable bonds is 6. The van der Waals surface area contributed by atoms with Crippen LogP contribution in [0.2, 0.25) is 0 Å². The van der Waals surface area contributed by atoms with Crippen molar-refractivity contribution in [3.05, 3.63) is 35.9 Å². The monoisotopic (exact) mass is 334 g/mol. The van der Waals surface area contributed by atoms with Gasteiger partial charge in [-0.25, -0.2) is 4.79 Å². The first-order chi connectivity index (χ1) is 11.4. The average molecular weight is 334 g/mol. The summed E-state index contributed by atoms with van der Waals surface area (Å²) < 4.78 is 5.46. The molecule has 5 heteroatoms. The van der Waals surface area contributed by atoms with Gasteiger partial charge in [-0.2, -0.15) is 0 Å². The molecule has 2 rings (SSSR count). The molecule has 1 fully saturated rings. The molecule has 1 aromatic carbocycles. The van der Waals surface area contributed by atoms with Crippen LogP contribution in [-0.4, -0.2) is 54.5 Å². The van der Waals surface area contributed by atoms with Crippen molar-refractivity contribution < 1.29 is 14.6 Å². The van der Waals surface area contributed by atoms with E-state index >= 15 is 0 Å². The maximum Gasteiger partial charge on any atom is 0.317 e. The van der Waals surface area contributed by atoms with Crippen LogP contribution < -0.4 is 5.32 Å². The summed E-state index contributed by atoms with van der Waals surface area (Å²) in [5, 5.41) is 12.7. The molecule has 0 unspecified atom stereocenters. The first-order valence-corrected chi connectivity index (χ1v) is 8.71. The third-order valence-corrected chi connectivity index (χ3v) is 4.35. The second kappa shape index (κ2) is 8.49. The Bertz CT molecular complexity index is 517. The van der Waals surface area contributed by atoms with Crippen molar-refractivity contribution in [2.75, 3.05) is 26.3 Å². The minimum atomic E-state index is -0.443. The molecule has 1 aromatic rings. The molecular formula is C19H30N2O3. The summed E-state index contributed by atoms with van der Waals surface area (Å²) >= 11 is 0. The van der Waals surface area contributed by atoms with E-state index in [9.17, 15) is 9.90 Å². The van der Waals surface area contributed by atoms with Gasteiger partial charge in [0.2, 0.25) is 0 Å². The largest absolute Gasteiger partial charge is 0.393 e. The Morgan fingerprint density at radius 3 is 2.79 bits per heavy atom. The molecule has 134 valence electrons. The van der Waals surface area contributed by atoms with E-state index in [1.807, 2.05) is 18.2 Å². The zero-order valence-corrected chi connectivity index (χ0v) is 15.0. The highest BCUT2D eigenvalue weighted by Crippen LogP contribution is 2.21. The minimum absolute atomic E-state index is 0.0247. The van der Waals surface area contributed by atoms with Crippen LogP contribution in [0.3, 0.4) is 0 Å². The molecule has 1 aliphatic rings. The zero-order valence-electron chi connectivity index (χ0n) is 15.0. The molecule has 2 atom stereocenters. The summed E-state index contributed by atoms with van der Waals surface area (Å²) in [5.74, 6) is 0. The Labute approximate surface area is 145 Å². The molecule has 1 saturated heterocycles. The highest BCUT2D eigenvalue weighted by atomic mass is 16.5. The fourth-order valence-corrected chi connectivity index (χ4v) is 3.14. The van der Waals surface area contributed by atoms with E-state index in [1.165, 1.54) is 5.56 Å². The fraction of sp³-hybridized carbons (Fsp3) is 0.632. The van der Waals surface area contributed by atoms with Gasteiger partial charge in [0.1, 0.15) is 0 Å². The van der Waals surface area contributed by atoms with Crippen molar-refractivity contribution >= 4 is 6.03 Å². The summed E-state index contributed by atoms with van der Waals surface area (Å²) in [6.45, 7) is 8.29. The molecular weight excluding hydrogens is 304 g/mol. The summed E-state index contributed by atoms with van der Waals surface area (Å²) in [6, 6.07) is 10.2. The molecule has 0 radical (unpaired) electrons. The number of nitrogens with zero attached hydrogens (tertiary/aromatic N) is 1. The smallest absolute Gasteiger partial charge is 0.317 e. The molecule has 1 aliphatic heterocycles. The molecule has 0 bridgehead atoms. The van der Waals surface area contributed by atoms with Gasteiger partial charge >= 0.3 is 6.03 Å². The third-order valence-electron chi connectivity index (χ3n) is 4.35. The number of hydrogen-bond donors (Lipinski definition) is 2. The molecule has 0 saturated carbocycles. The number of benzene rings is 1. The normalized spacial score (nSPS) is 19.8. The van der Waals surface area contributed by atoms with Gasteiger partial charge in [0.25, 0.3) is 0 Å². The number of ether oxygens (including phenoxy) is 1. The first-order valence-electron chi connectivity index (χ1n) is 8.71. The molecule has 5 nitrogen and oxygen atoms in total. The number of aliphatic hydroxyl groups excluding tert-OH is 1. The van der Waals surface area contributed by atoms with Crippen molar-refractivity contribution in [2.45, 2.75) is 45.8 Å². The number of morpholine rings is 1. The number of carbonyl (C=O) groups excluding carboxylic acids is 1. The number of hydrogen-bond acceptors (Lipinski definition) is 3. The van der Waals surface area contributed by atoms with Crippen LogP contribution >= 0.6 is 0 Å². The minimum Gasteiger partial charge on any atom is -0.393 e. The van der Waals surface area contributed by atoms with Gasteiger partial charge in [0, 0.05) is 13.1 Å². The molecule has 2 amide bonds. The van der Waals surface area contributed by atoms with E-state index in [4.69, 9.17) is 4.74 Å². The summed E-state index contributed by atoms with van der Waals surface area (Å²) in [4.78, 5) is 14.4. The summed E-state index contributed by atoms with van der Waals surface area (Å²) in [6.07, 6.45) is 1.01. The predicted octanol–water partition coefficient (Wildman–Crippen LogP) is 2.44. The molecule has 0 aromatic heterocycles. The Kier molecular flexibility index (Phi) is 6.63. The standard InChI is InChI=1S/C19H30N2O3/c1-15(22)11-17-13-24-10-9-21(17)18(23)20-14-19(2,3)12-16-7-5-4-6-8-16/h4-8,15,17,22H,9-14H2,1-3H3,(H,20,23)/t15-,17-/m1/s1. The average Bonchev–Trinajstić information content (AvgIpc) is 2.53. The van der Waals surface area contributed by atoms with E-state index < -0.39 is 6.10 Å². The van der Waals surface area contributed by atoms with Crippen molar-refractivity contribution in [1.82, 2.24) is 10.2 Å². The number of aliphatic hydroxyl groups is 1. The number of carbonyl (C=O) groups is 1. The van der Waals surface area contributed by atoms with Crippen LogP contribution in [0.15, 0.2) is 30.3 Å². The van der Waals surface area contributed by atoms with E-state index in [0.717, 1.165) is 6.42 Å². The Morgan fingerprint density at radius 1 is 1.42 bits per heavy atom. The van der Waals surface area contributed by atoms with Crippen molar-refractivity contribution in [1.29, 1.82) is 0 Å². The van der Waals surface area contributed by atoms with Crippen molar-refractivity contribution in [2.24, 2.45) is 5.41 Å². The van der Waals surface area contributed by atoms with Crippen LogP contribution in [0.1, 0.15) is 32.8 Å². The van der Waals surface area contributed by atoms with E-state index in [-0.39, 0.29) is 17.5 Å². The molecule has 0 spiro atoms. The lowest BCUT2D eigenvalue weighted by Crippen LogP contribution is -2.54.